The van der Waals surface area contributed by atoms with Crippen molar-refractivity contribution in [1.82, 2.24) is 5.32 Å². The molecule has 0 fully saturated rings. The normalized spacial score (nSPS) is 9.50. The standard InChI is InChI=1S/C11H11NO4/c13-9(11(15)16)7-12-10(14)6-8-4-2-1-3-5-8/h1-5H,6-7H2,(H,12,14)(H,15,16). The second-order valence-corrected chi connectivity index (χ2v) is 3.17. The van der Waals surface area contributed by atoms with Gasteiger partial charge in [0.15, 0.2) is 0 Å². The Morgan fingerprint density at radius 1 is 1.12 bits per heavy atom. The largest absolute Gasteiger partial charge is 0.475 e. The monoisotopic (exact) mass is 221 g/mol. The number of Topliss-reactive ketones (excluding diaryl/α,β-unsaturated/α-hetero) is 1. The number of nitrogens with one attached hydrogen (secondary N) is 1. The van der Waals surface area contributed by atoms with Crippen LogP contribution in [0.3, 0.4) is 0 Å². The third kappa shape index (κ3) is 3.91. The van der Waals surface area contributed by atoms with Crippen molar-refractivity contribution in [3.63, 3.8) is 0 Å². The predicted molar refractivity (Wildman–Crippen MR) is 55.8 cm³/mol. The van der Waals surface area contributed by atoms with E-state index in [-0.39, 0.29) is 12.3 Å². The summed E-state index contributed by atoms with van der Waals surface area (Å²) in [5, 5.41) is 10.5. The van der Waals surface area contributed by atoms with Gasteiger partial charge >= 0.3 is 5.97 Å². The van der Waals surface area contributed by atoms with Crippen molar-refractivity contribution in [2.75, 3.05) is 6.54 Å². The molecule has 0 saturated heterocycles. The van der Waals surface area contributed by atoms with Crippen molar-refractivity contribution < 1.29 is 19.5 Å². The van der Waals surface area contributed by atoms with Gasteiger partial charge in [-0.25, -0.2) is 4.79 Å². The van der Waals surface area contributed by atoms with Crippen LogP contribution in [0.1, 0.15) is 5.56 Å². The van der Waals surface area contributed by atoms with Crippen molar-refractivity contribution in [3.05, 3.63) is 35.9 Å². The van der Waals surface area contributed by atoms with E-state index < -0.39 is 18.3 Å². The Bertz CT molecular complexity index is 400. The van der Waals surface area contributed by atoms with Crippen molar-refractivity contribution in [2.24, 2.45) is 0 Å². The number of benzene rings is 1. The molecule has 0 saturated carbocycles. The summed E-state index contributed by atoms with van der Waals surface area (Å²) in [6, 6.07) is 8.97. The fourth-order valence-corrected chi connectivity index (χ4v) is 1.10. The lowest BCUT2D eigenvalue weighted by molar-refractivity contribution is -0.148. The van der Waals surface area contributed by atoms with Gasteiger partial charge in [-0.05, 0) is 5.56 Å². The summed E-state index contributed by atoms with van der Waals surface area (Å²) in [5.41, 5.74) is 0.808. The summed E-state index contributed by atoms with van der Waals surface area (Å²) in [6.45, 7) is -0.471. The van der Waals surface area contributed by atoms with Crippen LogP contribution < -0.4 is 5.32 Å². The molecule has 5 heteroatoms. The first-order chi connectivity index (χ1) is 7.59. The van der Waals surface area contributed by atoms with E-state index in [2.05, 4.69) is 5.32 Å². The second kappa shape index (κ2) is 5.65. The molecule has 0 radical (unpaired) electrons. The second-order valence-electron chi connectivity index (χ2n) is 3.17. The van der Waals surface area contributed by atoms with Gasteiger partial charge in [0.2, 0.25) is 5.91 Å². The van der Waals surface area contributed by atoms with Gasteiger partial charge < -0.3 is 10.4 Å². The molecular weight excluding hydrogens is 210 g/mol. The molecule has 0 aliphatic rings. The number of rotatable bonds is 5. The van der Waals surface area contributed by atoms with Gasteiger partial charge in [-0.3, -0.25) is 9.59 Å². The van der Waals surface area contributed by atoms with Gasteiger partial charge in [0.05, 0.1) is 13.0 Å². The number of hydrogen-bond donors (Lipinski definition) is 2. The fourth-order valence-electron chi connectivity index (χ4n) is 1.10. The molecule has 1 aromatic rings. The Morgan fingerprint density at radius 3 is 2.31 bits per heavy atom. The van der Waals surface area contributed by atoms with Crippen LogP contribution in [0.4, 0.5) is 0 Å². The minimum absolute atomic E-state index is 0.133. The van der Waals surface area contributed by atoms with E-state index in [1.54, 1.807) is 24.3 Å². The summed E-state index contributed by atoms with van der Waals surface area (Å²) >= 11 is 0. The smallest absolute Gasteiger partial charge is 0.374 e. The molecule has 5 nitrogen and oxygen atoms in total. The first kappa shape index (κ1) is 11.9. The summed E-state index contributed by atoms with van der Waals surface area (Å²) < 4.78 is 0. The zero-order valence-electron chi connectivity index (χ0n) is 8.47. The van der Waals surface area contributed by atoms with Gasteiger partial charge in [0, 0.05) is 0 Å². The van der Waals surface area contributed by atoms with E-state index in [0.29, 0.717) is 0 Å². The maximum Gasteiger partial charge on any atom is 0.374 e. The van der Waals surface area contributed by atoms with Gasteiger partial charge in [-0.2, -0.15) is 0 Å². The Hall–Kier alpha value is -2.17. The zero-order chi connectivity index (χ0) is 12.0. The van der Waals surface area contributed by atoms with E-state index in [1.807, 2.05) is 6.07 Å². The van der Waals surface area contributed by atoms with Gasteiger partial charge in [0.1, 0.15) is 0 Å². The SMILES string of the molecule is O=C(Cc1ccccc1)NCC(=O)C(=O)O. The molecule has 2 N–H and O–H groups in total. The number of ketones is 1. The number of amides is 1. The third-order valence-corrected chi connectivity index (χ3v) is 1.89. The first-order valence-corrected chi connectivity index (χ1v) is 4.66. The Labute approximate surface area is 92.1 Å². The predicted octanol–water partition coefficient (Wildman–Crippen LogP) is -0.00100. The molecule has 0 atom stereocenters. The van der Waals surface area contributed by atoms with Gasteiger partial charge in [-0.1, -0.05) is 30.3 Å². The lowest BCUT2D eigenvalue weighted by Gasteiger charge is -2.02. The molecule has 0 aliphatic heterocycles. The van der Waals surface area contributed by atoms with E-state index >= 15 is 0 Å². The number of carbonyl (C=O) groups excluding carboxylic acids is 2. The van der Waals surface area contributed by atoms with Crippen molar-refractivity contribution in [1.29, 1.82) is 0 Å². The molecule has 0 unspecified atom stereocenters. The quantitative estimate of drug-likeness (QED) is 0.685. The molecule has 16 heavy (non-hydrogen) atoms. The summed E-state index contributed by atoms with van der Waals surface area (Å²) in [5.74, 6) is -2.94. The van der Waals surface area contributed by atoms with E-state index in [4.69, 9.17) is 5.11 Å². The molecule has 0 spiro atoms. The van der Waals surface area contributed by atoms with Crippen LogP contribution in [0.15, 0.2) is 30.3 Å². The summed E-state index contributed by atoms with van der Waals surface area (Å²) in [4.78, 5) is 32.1. The van der Waals surface area contributed by atoms with Crippen LogP contribution in [-0.4, -0.2) is 29.3 Å². The highest BCUT2D eigenvalue weighted by atomic mass is 16.4. The fraction of sp³-hybridized carbons (Fsp3) is 0.182. The molecule has 0 bridgehead atoms. The molecule has 0 aliphatic carbocycles. The molecule has 84 valence electrons. The van der Waals surface area contributed by atoms with E-state index in [0.717, 1.165) is 5.56 Å². The number of carbonyl (C=O) groups is 3. The topological polar surface area (TPSA) is 83.5 Å². The summed E-state index contributed by atoms with van der Waals surface area (Å²) in [7, 11) is 0. The minimum Gasteiger partial charge on any atom is -0.475 e. The van der Waals surface area contributed by atoms with Crippen LogP contribution in [0.5, 0.6) is 0 Å². The lowest BCUT2D eigenvalue weighted by Crippen LogP contribution is -2.33. The van der Waals surface area contributed by atoms with E-state index in [1.165, 1.54) is 0 Å². The average molecular weight is 221 g/mol. The zero-order valence-corrected chi connectivity index (χ0v) is 8.47. The molecule has 1 aromatic carbocycles. The first-order valence-electron chi connectivity index (χ1n) is 4.66. The van der Waals surface area contributed by atoms with Crippen LogP contribution in [0, 0.1) is 0 Å². The summed E-state index contributed by atoms with van der Waals surface area (Å²) in [6.07, 6.45) is 0.133. The molecule has 0 aromatic heterocycles. The van der Waals surface area contributed by atoms with Crippen LogP contribution in [0.2, 0.25) is 0 Å². The maximum absolute atomic E-state index is 11.3. The maximum atomic E-state index is 11.3. The van der Waals surface area contributed by atoms with Crippen LogP contribution in [-0.2, 0) is 20.8 Å². The van der Waals surface area contributed by atoms with Gasteiger partial charge in [0.25, 0.3) is 5.78 Å². The van der Waals surface area contributed by atoms with E-state index in [9.17, 15) is 14.4 Å². The van der Waals surface area contributed by atoms with Crippen molar-refractivity contribution in [3.8, 4) is 0 Å². The van der Waals surface area contributed by atoms with Crippen LogP contribution in [0.25, 0.3) is 0 Å². The highest BCUT2D eigenvalue weighted by molar-refractivity contribution is 6.33. The Kier molecular flexibility index (Phi) is 4.20. The Balaban J connectivity index is 2.37. The number of carboxylic acid groups (broad SMARTS) is 1. The average Bonchev–Trinajstić information content (AvgIpc) is 2.27. The highest BCUT2D eigenvalue weighted by Gasteiger charge is 2.12. The molecule has 1 amide bonds. The van der Waals surface area contributed by atoms with Crippen LogP contribution >= 0.6 is 0 Å². The number of hydrogen-bond acceptors (Lipinski definition) is 3. The lowest BCUT2D eigenvalue weighted by atomic mass is 10.1. The highest BCUT2D eigenvalue weighted by Crippen LogP contribution is 1.98. The molecule has 1 rings (SSSR count). The van der Waals surface area contributed by atoms with Crippen molar-refractivity contribution >= 4 is 17.7 Å². The Morgan fingerprint density at radius 2 is 1.75 bits per heavy atom. The minimum atomic E-state index is -1.54. The molecular formula is C11H11NO4. The van der Waals surface area contributed by atoms with Crippen molar-refractivity contribution in [2.45, 2.75) is 6.42 Å². The number of carboxylic acids is 1. The third-order valence-electron chi connectivity index (χ3n) is 1.89. The van der Waals surface area contributed by atoms with Gasteiger partial charge in [-0.15, -0.1) is 0 Å². The molecule has 0 heterocycles. The number of aliphatic carboxylic acids is 1.